The highest BCUT2D eigenvalue weighted by atomic mass is 19.4. The number of hydrogen-bond donors (Lipinski definition) is 2. The summed E-state index contributed by atoms with van der Waals surface area (Å²) in [7, 11) is 0. The largest absolute Gasteiger partial charge is 0.433 e. The summed E-state index contributed by atoms with van der Waals surface area (Å²) in [6, 6.07) is 3.21. The van der Waals surface area contributed by atoms with Crippen molar-refractivity contribution in [2.24, 2.45) is 0 Å². The highest BCUT2D eigenvalue weighted by Crippen LogP contribution is 2.30. The first-order chi connectivity index (χ1) is 10.2. The summed E-state index contributed by atoms with van der Waals surface area (Å²) < 4.78 is 43.2. The van der Waals surface area contributed by atoms with Crippen molar-refractivity contribution in [1.82, 2.24) is 4.98 Å². The Balaban J connectivity index is 2.31. The van der Waals surface area contributed by atoms with Crippen molar-refractivity contribution in [3.63, 3.8) is 0 Å². The fourth-order valence-corrected chi connectivity index (χ4v) is 2.07. The molecule has 2 heterocycles. The van der Waals surface area contributed by atoms with Crippen LogP contribution in [0.1, 0.15) is 12.6 Å². The number of amides is 1. The first kappa shape index (κ1) is 16.7. The molecular weight excluding hydrogens is 305 g/mol. The van der Waals surface area contributed by atoms with E-state index in [4.69, 9.17) is 9.84 Å². The van der Waals surface area contributed by atoms with Gasteiger partial charge in [-0.1, -0.05) is 6.07 Å². The molecule has 1 aliphatic rings. The molecule has 122 valence electrons. The predicted molar refractivity (Wildman–Crippen MR) is 69.0 cm³/mol. The number of pyridine rings is 1. The number of aliphatic hydroxyl groups excluding tert-OH is 1. The molecule has 2 N–H and O–H groups in total. The summed E-state index contributed by atoms with van der Waals surface area (Å²) in [6.45, 7) is 0.488. The van der Waals surface area contributed by atoms with Gasteiger partial charge in [-0.25, -0.2) is 4.98 Å². The lowest BCUT2D eigenvalue weighted by Gasteiger charge is -2.38. The molecular formula is C13H15F3N2O4. The zero-order valence-electron chi connectivity index (χ0n) is 11.7. The number of anilines is 1. The van der Waals surface area contributed by atoms with Crippen LogP contribution in [0.3, 0.4) is 0 Å². The summed E-state index contributed by atoms with van der Waals surface area (Å²) in [6.07, 6.45) is -6.00. The Morgan fingerprint density at radius 2 is 2.14 bits per heavy atom. The third kappa shape index (κ3) is 3.21. The minimum Gasteiger partial charge on any atom is -0.393 e. The monoisotopic (exact) mass is 320 g/mol. The molecule has 1 fully saturated rings. The second-order valence-electron chi connectivity index (χ2n) is 5.13. The number of hydrogen-bond acceptors (Lipinski definition) is 5. The molecule has 0 unspecified atom stereocenters. The second kappa shape index (κ2) is 5.82. The van der Waals surface area contributed by atoms with Crippen molar-refractivity contribution < 1.29 is 32.9 Å². The van der Waals surface area contributed by atoms with Gasteiger partial charge in [0, 0.05) is 0 Å². The van der Waals surface area contributed by atoms with Gasteiger partial charge in [0.25, 0.3) is 5.91 Å². The third-order valence-electron chi connectivity index (χ3n) is 3.28. The molecule has 0 spiro atoms. The van der Waals surface area contributed by atoms with Gasteiger partial charge in [-0.05, 0) is 19.1 Å². The highest BCUT2D eigenvalue weighted by molar-refractivity contribution is 5.97. The molecule has 9 heteroatoms. The molecule has 1 aromatic rings. The van der Waals surface area contributed by atoms with E-state index in [1.54, 1.807) is 0 Å². The minimum atomic E-state index is -4.62. The molecule has 6 nitrogen and oxygen atoms in total. The van der Waals surface area contributed by atoms with E-state index in [9.17, 15) is 23.1 Å². The van der Waals surface area contributed by atoms with Gasteiger partial charge in [-0.3, -0.25) is 9.69 Å². The molecule has 1 saturated heterocycles. The standard InChI is InChI=1S/C13H15F3N2O4/c1-12(21,7-19)10-11(20)18(5-6-22-10)9-4-2-3-8(17-9)13(14,15)16/h2-4,10,19,21H,5-7H2,1H3/t10-,12+/m0/s1. The van der Waals surface area contributed by atoms with E-state index < -0.39 is 36.1 Å². The molecule has 0 radical (unpaired) electrons. The lowest BCUT2D eigenvalue weighted by atomic mass is 9.98. The van der Waals surface area contributed by atoms with Crippen LogP contribution in [0, 0.1) is 0 Å². The molecule has 1 amide bonds. The van der Waals surface area contributed by atoms with Crippen LogP contribution in [0.25, 0.3) is 0 Å². The Labute approximate surface area is 124 Å². The topological polar surface area (TPSA) is 82.9 Å². The Bertz CT molecular complexity index is 562. The van der Waals surface area contributed by atoms with E-state index in [0.717, 1.165) is 17.0 Å². The molecule has 2 atom stereocenters. The van der Waals surface area contributed by atoms with Crippen molar-refractivity contribution in [3.8, 4) is 0 Å². The van der Waals surface area contributed by atoms with Crippen LogP contribution in [-0.4, -0.2) is 52.6 Å². The fourth-order valence-electron chi connectivity index (χ4n) is 2.07. The van der Waals surface area contributed by atoms with Crippen LogP contribution in [0.15, 0.2) is 18.2 Å². The van der Waals surface area contributed by atoms with Gasteiger partial charge in [-0.2, -0.15) is 13.2 Å². The van der Waals surface area contributed by atoms with Crippen molar-refractivity contribution in [1.29, 1.82) is 0 Å². The molecule has 22 heavy (non-hydrogen) atoms. The van der Waals surface area contributed by atoms with Crippen LogP contribution in [0.4, 0.5) is 19.0 Å². The summed E-state index contributed by atoms with van der Waals surface area (Å²) >= 11 is 0. The average Bonchev–Trinajstić information content (AvgIpc) is 2.46. The van der Waals surface area contributed by atoms with Gasteiger partial charge in [-0.15, -0.1) is 0 Å². The van der Waals surface area contributed by atoms with Crippen molar-refractivity contribution in [3.05, 3.63) is 23.9 Å². The van der Waals surface area contributed by atoms with Crippen LogP contribution < -0.4 is 4.90 Å². The number of aromatic nitrogens is 1. The average molecular weight is 320 g/mol. The molecule has 0 saturated carbocycles. The van der Waals surface area contributed by atoms with Gasteiger partial charge >= 0.3 is 6.18 Å². The fraction of sp³-hybridized carbons (Fsp3) is 0.538. The van der Waals surface area contributed by atoms with E-state index in [0.29, 0.717) is 0 Å². The number of halogens is 3. The maximum atomic E-state index is 12.7. The van der Waals surface area contributed by atoms with Gasteiger partial charge in [0.1, 0.15) is 17.1 Å². The van der Waals surface area contributed by atoms with Crippen LogP contribution >= 0.6 is 0 Å². The Morgan fingerprint density at radius 1 is 1.45 bits per heavy atom. The number of aliphatic hydroxyl groups is 2. The molecule has 1 aromatic heterocycles. The number of alkyl halides is 3. The maximum Gasteiger partial charge on any atom is 0.433 e. The number of ether oxygens (including phenoxy) is 1. The Morgan fingerprint density at radius 3 is 2.73 bits per heavy atom. The number of nitrogens with zero attached hydrogens (tertiary/aromatic N) is 2. The number of carbonyl (C=O) groups is 1. The molecule has 1 aliphatic heterocycles. The van der Waals surface area contributed by atoms with Gasteiger partial charge in [0.2, 0.25) is 0 Å². The number of carbonyl (C=O) groups excluding carboxylic acids is 1. The van der Waals surface area contributed by atoms with E-state index in [1.165, 1.54) is 13.0 Å². The van der Waals surface area contributed by atoms with Crippen LogP contribution in [-0.2, 0) is 15.7 Å². The summed E-state index contributed by atoms with van der Waals surface area (Å²) in [5, 5.41) is 19.1. The van der Waals surface area contributed by atoms with E-state index in [-0.39, 0.29) is 19.0 Å². The summed E-state index contributed by atoms with van der Waals surface area (Å²) in [5.41, 5.74) is -2.95. The molecule has 2 rings (SSSR count). The minimum absolute atomic E-state index is 0.00445. The van der Waals surface area contributed by atoms with Crippen LogP contribution in [0.2, 0.25) is 0 Å². The number of morpholine rings is 1. The maximum absolute atomic E-state index is 12.7. The van der Waals surface area contributed by atoms with E-state index in [1.807, 2.05) is 0 Å². The zero-order valence-corrected chi connectivity index (χ0v) is 11.7. The summed E-state index contributed by atoms with van der Waals surface area (Å²) in [5.74, 6) is -0.931. The number of rotatable bonds is 3. The van der Waals surface area contributed by atoms with Crippen molar-refractivity contribution in [2.75, 3.05) is 24.7 Å². The SMILES string of the molecule is C[C@@](O)(CO)[C@H]1OCCN(c2cccc(C(F)(F)F)n2)C1=O. The Hall–Kier alpha value is -1.71. The lowest BCUT2D eigenvalue weighted by molar-refractivity contribution is -0.161. The Kier molecular flexibility index (Phi) is 4.41. The van der Waals surface area contributed by atoms with E-state index in [2.05, 4.69) is 4.98 Å². The van der Waals surface area contributed by atoms with Crippen LogP contribution in [0.5, 0.6) is 0 Å². The second-order valence-corrected chi connectivity index (χ2v) is 5.13. The highest BCUT2D eigenvalue weighted by Gasteiger charge is 2.44. The summed E-state index contributed by atoms with van der Waals surface area (Å²) in [4.78, 5) is 16.7. The van der Waals surface area contributed by atoms with Gasteiger partial charge in [0.05, 0.1) is 19.8 Å². The normalized spacial score (nSPS) is 22.5. The van der Waals surface area contributed by atoms with Gasteiger partial charge in [0.15, 0.2) is 6.10 Å². The predicted octanol–water partition coefficient (Wildman–Crippen LogP) is 0.575. The zero-order chi connectivity index (χ0) is 16.5. The molecule has 0 aromatic carbocycles. The first-order valence-corrected chi connectivity index (χ1v) is 6.47. The smallest absolute Gasteiger partial charge is 0.393 e. The van der Waals surface area contributed by atoms with Crippen molar-refractivity contribution in [2.45, 2.75) is 24.8 Å². The lowest BCUT2D eigenvalue weighted by Crippen LogP contribution is -2.59. The molecule has 0 bridgehead atoms. The molecule has 0 aliphatic carbocycles. The van der Waals surface area contributed by atoms with Crippen molar-refractivity contribution >= 4 is 11.7 Å². The van der Waals surface area contributed by atoms with E-state index >= 15 is 0 Å². The first-order valence-electron chi connectivity index (χ1n) is 6.47. The third-order valence-corrected chi connectivity index (χ3v) is 3.28. The quantitative estimate of drug-likeness (QED) is 0.851. The van der Waals surface area contributed by atoms with Gasteiger partial charge < -0.3 is 14.9 Å².